The van der Waals surface area contributed by atoms with E-state index in [1.807, 2.05) is 41.3 Å². The molecule has 4 rings (SSSR count). The highest BCUT2D eigenvalue weighted by molar-refractivity contribution is 7.91. The van der Waals surface area contributed by atoms with E-state index in [0.717, 1.165) is 5.56 Å². The first-order valence-electron chi connectivity index (χ1n) is 11.2. The molecule has 1 saturated heterocycles. The van der Waals surface area contributed by atoms with Gasteiger partial charge in [0.05, 0.1) is 24.3 Å². The molecule has 1 aliphatic heterocycles. The number of sulfone groups is 1. The normalized spacial score (nSPS) is 16.1. The van der Waals surface area contributed by atoms with Crippen LogP contribution in [0.25, 0.3) is 0 Å². The van der Waals surface area contributed by atoms with E-state index in [2.05, 4.69) is 10.6 Å². The number of hydrogen-bond donors (Lipinski definition) is 2. The molecule has 2 amide bonds. The predicted molar refractivity (Wildman–Crippen MR) is 135 cm³/mol. The van der Waals surface area contributed by atoms with Gasteiger partial charge in [0.2, 0.25) is 5.91 Å². The Labute approximate surface area is 204 Å². The number of anilines is 2. The zero-order valence-corrected chi connectivity index (χ0v) is 20.1. The second-order valence-corrected chi connectivity index (χ2v) is 10.5. The molecular weight excluding hydrogens is 466 g/mol. The van der Waals surface area contributed by atoms with E-state index in [1.165, 1.54) is 7.11 Å². The van der Waals surface area contributed by atoms with Gasteiger partial charge in [-0.3, -0.25) is 14.5 Å². The van der Waals surface area contributed by atoms with Gasteiger partial charge in [0, 0.05) is 24.3 Å². The summed E-state index contributed by atoms with van der Waals surface area (Å²) < 4.78 is 29.0. The number of hydrogen-bond acceptors (Lipinski definition) is 6. The van der Waals surface area contributed by atoms with Crippen molar-refractivity contribution in [2.45, 2.75) is 6.04 Å². The minimum atomic E-state index is -3.08. The van der Waals surface area contributed by atoms with E-state index in [9.17, 15) is 18.0 Å². The van der Waals surface area contributed by atoms with Crippen LogP contribution in [0.1, 0.15) is 22.0 Å². The highest BCUT2D eigenvalue weighted by Crippen LogP contribution is 2.26. The Morgan fingerprint density at radius 3 is 2.14 bits per heavy atom. The number of methoxy groups -OCH3 is 1. The van der Waals surface area contributed by atoms with Crippen LogP contribution in [-0.2, 0) is 14.6 Å². The van der Waals surface area contributed by atoms with Gasteiger partial charge in [-0.2, -0.15) is 0 Å². The van der Waals surface area contributed by atoms with Crippen molar-refractivity contribution < 1.29 is 22.7 Å². The summed E-state index contributed by atoms with van der Waals surface area (Å²) in [5, 5.41) is 5.73. The fraction of sp³-hybridized carbons (Fsp3) is 0.231. The van der Waals surface area contributed by atoms with Crippen molar-refractivity contribution in [2.75, 3.05) is 42.3 Å². The average molecular weight is 494 g/mol. The van der Waals surface area contributed by atoms with E-state index in [-0.39, 0.29) is 36.4 Å². The van der Waals surface area contributed by atoms with Crippen LogP contribution in [0.4, 0.5) is 11.4 Å². The van der Waals surface area contributed by atoms with E-state index < -0.39 is 15.9 Å². The van der Waals surface area contributed by atoms with Gasteiger partial charge < -0.3 is 15.4 Å². The smallest absolute Gasteiger partial charge is 0.255 e. The number of nitrogens with one attached hydrogen (secondary N) is 2. The molecule has 1 atom stereocenters. The molecule has 0 aliphatic carbocycles. The van der Waals surface area contributed by atoms with Crippen LogP contribution in [0.15, 0.2) is 78.9 Å². The Balaban J connectivity index is 1.47. The van der Waals surface area contributed by atoms with E-state index >= 15 is 0 Å². The van der Waals surface area contributed by atoms with Crippen molar-refractivity contribution in [3.63, 3.8) is 0 Å². The monoisotopic (exact) mass is 493 g/mol. The van der Waals surface area contributed by atoms with Gasteiger partial charge >= 0.3 is 0 Å². The summed E-state index contributed by atoms with van der Waals surface area (Å²) in [6, 6.07) is 22.4. The largest absolute Gasteiger partial charge is 0.495 e. The summed E-state index contributed by atoms with van der Waals surface area (Å²) >= 11 is 0. The van der Waals surface area contributed by atoms with Crippen LogP contribution in [0.5, 0.6) is 5.75 Å². The van der Waals surface area contributed by atoms with Gasteiger partial charge in [-0.25, -0.2) is 8.42 Å². The molecule has 1 unspecified atom stereocenters. The first kappa shape index (κ1) is 24.4. The SMILES string of the molecule is COc1ccccc1NC(=O)c1ccc(NC(=O)C(c2ccccc2)N2CCS(=O)(=O)CC2)cc1. The fourth-order valence-corrected chi connectivity index (χ4v) is 5.24. The maximum absolute atomic E-state index is 13.3. The number of nitrogens with zero attached hydrogens (tertiary/aromatic N) is 1. The molecular formula is C26H27N3O5S. The maximum Gasteiger partial charge on any atom is 0.255 e. The molecule has 2 N–H and O–H groups in total. The Morgan fingerprint density at radius 1 is 0.857 bits per heavy atom. The second-order valence-electron chi connectivity index (χ2n) is 8.22. The van der Waals surface area contributed by atoms with Crippen LogP contribution in [-0.4, -0.2) is 56.8 Å². The molecule has 35 heavy (non-hydrogen) atoms. The molecule has 0 spiro atoms. The number of para-hydroxylation sites is 2. The summed E-state index contributed by atoms with van der Waals surface area (Å²) in [5.74, 6) is 0.0483. The van der Waals surface area contributed by atoms with Crippen molar-refractivity contribution in [1.82, 2.24) is 4.90 Å². The molecule has 1 heterocycles. The minimum Gasteiger partial charge on any atom is -0.495 e. The summed E-state index contributed by atoms with van der Waals surface area (Å²) in [4.78, 5) is 27.9. The molecule has 0 saturated carbocycles. The first-order valence-corrected chi connectivity index (χ1v) is 13.0. The molecule has 1 aliphatic rings. The van der Waals surface area contributed by atoms with Crippen molar-refractivity contribution >= 4 is 33.0 Å². The van der Waals surface area contributed by atoms with Gasteiger partial charge in [0.15, 0.2) is 9.84 Å². The zero-order chi connectivity index (χ0) is 24.8. The lowest BCUT2D eigenvalue weighted by Gasteiger charge is -2.33. The molecule has 0 bridgehead atoms. The molecule has 0 aromatic heterocycles. The summed E-state index contributed by atoms with van der Waals surface area (Å²) in [7, 11) is -1.54. The highest BCUT2D eigenvalue weighted by atomic mass is 32.2. The van der Waals surface area contributed by atoms with Gasteiger partial charge in [-0.1, -0.05) is 42.5 Å². The lowest BCUT2D eigenvalue weighted by Crippen LogP contribution is -2.46. The third-order valence-electron chi connectivity index (χ3n) is 5.88. The Kier molecular flexibility index (Phi) is 7.48. The van der Waals surface area contributed by atoms with Gasteiger partial charge in [-0.15, -0.1) is 0 Å². The third-order valence-corrected chi connectivity index (χ3v) is 7.49. The van der Waals surface area contributed by atoms with Crippen LogP contribution in [0.2, 0.25) is 0 Å². The number of carbonyl (C=O) groups is 2. The molecule has 3 aromatic carbocycles. The first-order chi connectivity index (χ1) is 16.9. The van der Waals surface area contributed by atoms with Crippen LogP contribution < -0.4 is 15.4 Å². The van der Waals surface area contributed by atoms with E-state index in [4.69, 9.17) is 4.74 Å². The average Bonchev–Trinajstić information content (AvgIpc) is 2.86. The number of amides is 2. The van der Waals surface area contributed by atoms with Gasteiger partial charge in [-0.05, 0) is 42.0 Å². The number of ether oxygens (including phenoxy) is 1. The number of benzene rings is 3. The number of rotatable bonds is 7. The van der Waals surface area contributed by atoms with Crippen molar-refractivity contribution in [1.29, 1.82) is 0 Å². The van der Waals surface area contributed by atoms with Crippen molar-refractivity contribution in [3.8, 4) is 5.75 Å². The quantitative estimate of drug-likeness (QED) is 0.523. The fourth-order valence-electron chi connectivity index (χ4n) is 4.01. The lowest BCUT2D eigenvalue weighted by atomic mass is 10.0. The highest BCUT2D eigenvalue weighted by Gasteiger charge is 2.32. The summed E-state index contributed by atoms with van der Waals surface area (Å²) in [5.41, 5.74) is 2.31. The molecule has 8 nitrogen and oxygen atoms in total. The number of carbonyl (C=O) groups excluding carboxylic acids is 2. The van der Waals surface area contributed by atoms with Crippen LogP contribution in [0.3, 0.4) is 0 Å². The summed E-state index contributed by atoms with van der Waals surface area (Å²) in [6.45, 7) is 0.578. The predicted octanol–water partition coefficient (Wildman–Crippen LogP) is 3.36. The Morgan fingerprint density at radius 2 is 1.49 bits per heavy atom. The Hall–Kier alpha value is -3.69. The molecule has 1 fully saturated rings. The Bertz CT molecular complexity index is 1280. The maximum atomic E-state index is 13.3. The van der Waals surface area contributed by atoms with E-state index in [1.54, 1.807) is 42.5 Å². The van der Waals surface area contributed by atoms with Crippen molar-refractivity contribution in [2.24, 2.45) is 0 Å². The second kappa shape index (κ2) is 10.7. The van der Waals surface area contributed by atoms with Crippen LogP contribution >= 0.6 is 0 Å². The lowest BCUT2D eigenvalue weighted by molar-refractivity contribution is -0.121. The molecule has 182 valence electrons. The molecule has 0 radical (unpaired) electrons. The van der Waals surface area contributed by atoms with Crippen LogP contribution in [0, 0.1) is 0 Å². The van der Waals surface area contributed by atoms with Crippen molar-refractivity contribution in [3.05, 3.63) is 90.0 Å². The van der Waals surface area contributed by atoms with Gasteiger partial charge in [0.1, 0.15) is 11.8 Å². The summed E-state index contributed by atoms with van der Waals surface area (Å²) in [6.07, 6.45) is 0. The molecule has 3 aromatic rings. The third kappa shape index (κ3) is 6.06. The van der Waals surface area contributed by atoms with E-state index in [0.29, 0.717) is 22.7 Å². The zero-order valence-electron chi connectivity index (χ0n) is 19.3. The molecule has 9 heteroatoms. The van der Waals surface area contributed by atoms with Gasteiger partial charge in [0.25, 0.3) is 5.91 Å². The standard InChI is InChI=1S/C26H27N3O5S/c1-34-23-10-6-5-9-22(23)28-25(30)20-11-13-21(14-12-20)27-26(31)24(19-7-3-2-4-8-19)29-15-17-35(32,33)18-16-29/h2-14,24H,15-18H2,1H3,(H,27,31)(H,28,30). The minimum absolute atomic E-state index is 0.0274. The topological polar surface area (TPSA) is 105 Å².